The number of amides is 4. The van der Waals surface area contributed by atoms with Gasteiger partial charge < -0.3 is 31.8 Å². The standard InChI is InChI=1S/C16H25N7O5.C10H17FN4O/c17-13(25)3-1-2-7-23-11-12(21-22-23)4-5-14(26)19-10-16(28)20-9-15(27)18-6-8-24;1-12-6-5-9-8-15(14-13-9)7-3-2-4-10(11)16/h8,11H,1-7,9-10H2,(H2,17,25)(H,18,27)(H,19,26)(H,20,28);8,12H,2-7H2,1H3. The van der Waals surface area contributed by atoms with Crippen molar-refractivity contribution in [3.8, 4) is 0 Å². The van der Waals surface area contributed by atoms with Crippen LogP contribution in [0.25, 0.3) is 0 Å². The second-order valence-corrected chi connectivity index (χ2v) is 9.56. The van der Waals surface area contributed by atoms with Crippen LogP contribution in [0.1, 0.15) is 56.3 Å². The predicted octanol–water partition coefficient (Wildman–Crippen LogP) is -1.88. The van der Waals surface area contributed by atoms with E-state index < -0.39 is 17.9 Å². The van der Waals surface area contributed by atoms with Crippen molar-refractivity contribution in [3.63, 3.8) is 0 Å². The molecule has 0 aliphatic rings. The molecule has 0 saturated carbocycles. The third-order valence-electron chi connectivity index (χ3n) is 5.76. The number of aromatic nitrogens is 6. The minimum atomic E-state index is -1.24. The molecule has 0 radical (unpaired) electrons. The summed E-state index contributed by atoms with van der Waals surface area (Å²) < 4.78 is 15.3. The second kappa shape index (κ2) is 22.9. The van der Waals surface area contributed by atoms with Crippen molar-refractivity contribution in [2.75, 3.05) is 33.2 Å². The Labute approximate surface area is 254 Å². The maximum atomic E-state index is 11.9. The largest absolute Gasteiger partial charge is 0.370 e. The number of aldehydes is 1. The van der Waals surface area contributed by atoms with Gasteiger partial charge in [-0.05, 0) is 32.7 Å². The number of hydrogen-bond acceptors (Lipinski definition) is 11. The van der Waals surface area contributed by atoms with Crippen LogP contribution in [0.2, 0.25) is 0 Å². The lowest BCUT2D eigenvalue weighted by atomic mass is 10.2. The van der Waals surface area contributed by atoms with Crippen LogP contribution in [-0.2, 0) is 54.7 Å². The van der Waals surface area contributed by atoms with Crippen molar-refractivity contribution in [2.24, 2.45) is 5.73 Å². The minimum Gasteiger partial charge on any atom is -0.370 e. The average molecular weight is 624 g/mol. The number of nitrogens with two attached hydrogens (primary N) is 1. The van der Waals surface area contributed by atoms with Crippen molar-refractivity contribution in [1.82, 2.24) is 51.3 Å². The number of nitrogens with zero attached hydrogens (tertiary/aromatic N) is 6. The first kappa shape index (κ1) is 37.4. The number of aryl methyl sites for hydroxylation is 3. The summed E-state index contributed by atoms with van der Waals surface area (Å²) >= 11 is 0. The topological polar surface area (TPSA) is 238 Å². The molecule has 44 heavy (non-hydrogen) atoms. The Morgan fingerprint density at radius 3 is 1.89 bits per heavy atom. The van der Waals surface area contributed by atoms with Gasteiger partial charge in [0.05, 0.1) is 31.0 Å². The first-order valence-corrected chi connectivity index (χ1v) is 14.3. The molecule has 0 bridgehead atoms. The third kappa shape index (κ3) is 19.5. The molecule has 2 heterocycles. The van der Waals surface area contributed by atoms with Crippen LogP contribution in [0.4, 0.5) is 4.39 Å². The number of primary amides is 1. The minimum absolute atomic E-state index is 0.00130. The zero-order valence-electron chi connectivity index (χ0n) is 24.9. The van der Waals surface area contributed by atoms with Gasteiger partial charge in [0.15, 0.2) is 0 Å². The lowest BCUT2D eigenvalue weighted by Crippen LogP contribution is -2.42. The van der Waals surface area contributed by atoms with Crippen LogP contribution in [0.3, 0.4) is 0 Å². The molecular weight excluding hydrogens is 581 g/mol. The molecule has 0 aromatic carbocycles. The quantitative estimate of drug-likeness (QED) is 0.0552. The molecule has 2 rings (SSSR count). The molecule has 2 aromatic rings. The van der Waals surface area contributed by atoms with Crippen molar-refractivity contribution in [2.45, 2.75) is 70.9 Å². The normalized spacial score (nSPS) is 10.3. The molecule has 6 N–H and O–H groups in total. The number of likely N-dealkylation sites (N-methyl/N-ethyl adjacent to an activating group) is 1. The van der Waals surface area contributed by atoms with E-state index in [4.69, 9.17) is 5.73 Å². The molecule has 18 heteroatoms. The predicted molar refractivity (Wildman–Crippen MR) is 154 cm³/mol. The zero-order valence-corrected chi connectivity index (χ0v) is 24.9. The number of rotatable bonds is 22. The van der Waals surface area contributed by atoms with Gasteiger partial charge in [0.1, 0.15) is 6.29 Å². The van der Waals surface area contributed by atoms with E-state index in [1.165, 1.54) is 0 Å². The summed E-state index contributed by atoms with van der Waals surface area (Å²) in [5, 5.41) is 25.9. The highest BCUT2D eigenvalue weighted by Gasteiger charge is 2.09. The second-order valence-electron chi connectivity index (χ2n) is 9.56. The highest BCUT2D eigenvalue weighted by Crippen LogP contribution is 2.03. The number of hydrogen-bond donors (Lipinski definition) is 5. The van der Waals surface area contributed by atoms with E-state index in [1.807, 2.05) is 13.2 Å². The molecule has 17 nitrogen and oxygen atoms in total. The van der Waals surface area contributed by atoms with E-state index in [1.54, 1.807) is 15.6 Å². The summed E-state index contributed by atoms with van der Waals surface area (Å²) in [5.74, 6) is -1.68. The van der Waals surface area contributed by atoms with Gasteiger partial charge in [0.2, 0.25) is 23.6 Å². The molecule has 0 aliphatic heterocycles. The summed E-state index contributed by atoms with van der Waals surface area (Å²) in [6.45, 7) is 1.50. The van der Waals surface area contributed by atoms with Gasteiger partial charge in [0, 0.05) is 64.1 Å². The van der Waals surface area contributed by atoms with E-state index in [-0.39, 0.29) is 44.3 Å². The van der Waals surface area contributed by atoms with Crippen LogP contribution >= 0.6 is 0 Å². The van der Waals surface area contributed by atoms with Crippen molar-refractivity contribution in [1.29, 1.82) is 0 Å². The first-order valence-electron chi connectivity index (χ1n) is 14.3. The number of nitrogens with one attached hydrogen (secondary N) is 4. The van der Waals surface area contributed by atoms with Crippen LogP contribution in [0, 0.1) is 0 Å². The van der Waals surface area contributed by atoms with Crippen LogP contribution in [-0.4, -0.2) is 99.2 Å². The molecule has 0 spiro atoms. The molecule has 0 aliphatic carbocycles. The van der Waals surface area contributed by atoms with E-state index in [2.05, 4.69) is 41.9 Å². The van der Waals surface area contributed by atoms with Crippen molar-refractivity contribution >= 4 is 36.0 Å². The lowest BCUT2D eigenvalue weighted by molar-refractivity contribution is -0.129. The Balaban J connectivity index is 0.000000511. The molecule has 0 atom stereocenters. The molecular formula is C26H42FN11O6. The summed E-state index contributed by atoms with van der Waals surface area (Å²) in [6.07, 6.45) is 8.53. The number of carbonyl (C=O) groups excluding carboxylic acids is 6. The fraction of sp³-hybridized carbons (Fsp3) is 0.615. The smallest absolute Gasteiger partial charge is 0.301 e. The fourth-order valence-corrected chi connectivity index (χ4v) is 3.46. The number of unbranched alkanes of at least 4 members (excludes halogenated alkanes) is 2. The van der Waals surface area contributed by atoms with E-state index in [0.717, 1.165) is 31.5 Å². The van der Waals surface area contributed by atoms with Gasteiger partial charge in [-0.25, -0.2) is 0 Å². The Hall–Kier alpha value is -4.61. The highest BCUT2D eigenvalue weighted by atomic mass is 19.1. The Kier molecular flexibility index (Phi) is 19.5. The molecule has 0 saturated heterocycles. The monoisotopic (exact) mass is 623 g/mol. The third-order valence-corrected chi connectivity index (χ3v) is 5.76. The average Bonchev–Trinajstić information content (AvgIpc) is 3.65. The molecule has 244 valence electrons. The maximum Gasteiger partial charge on any atom is 0.301 e. The summed E-state index contributed by atoms with van der Waals surface area (Å²) in [4.78, 5) is 65.4. The summed E-state index contributed by atoms with van der Waals surface area (Å²) in [6, 6.07) is -1.24. The van der Waals surface area contributed by atoms with E-state index in [0.29, 0.717) is 50.8 Å². The van der Waals surface area contributed by atoms with E-state index in [9.17, 15) is 33.2 Å². The van der Waals surface area contributed by atoms with Gasteiger partial charge >= 0.3 is 6.04 Å². The highest BCUT2D eigenvalue weighted by molar-refractivity contribution is 5.88. The Morgan fingerprint density at radius 1 is 0.795 bits per heavy atom. The number of carbonyl (C=O) groups is 6. The van der Waals surface area contributed by atoms with Gasteiger partial charge in [-0.3, -0.25) is 33.3 Å². The summed E-state index contributed by atoms with van der Waals surface area (Å²) in [7, 11) is 1.89. The maximum absolute atomic E-state index is 11.9. The molecule has 0 unspecified atom stereocenters. The molecule has 0 fully saturated rings. The first-order chi connectivity index (χ1) is 21.1. The Morgan fingerprint density at radius 2 is 1.34 bits per heavy atom. The fourth-order valence-electron chi connectivity index (χ4n) is 3.46. The van der Waals surface area contributed by atoms with E-state index >= 15 is 0 Å². The van der Waals surface area contributed by atoms with Crippen LogP contribution < -0.4 is 27.0 Å². The molecule has 2 aromatic heterocycles. The van der Waals surface area contributed by atoms with Gasteiger partial charge in [-0.15, -0.1) is 10.2 Å². The molecule has 4 amide bonds. The van der Waals surface area contributed by atoms with Crippen molar-refractivity contribution < 1.29 is 33.2 Å². The van der Waals surface area contributed by atoms with Gasteiger partial charge in [-0.1, -0.05) is 10.4 Å². The van der Waals surface area contributed by atoms with Gasteiger partial charge in [0.25, 0.3) is 0 Å². The number of halogens is 1. The van der Waals surface area contributed by atoms with Crippen LogP contribution in [0.5, 0.6) is 0 Å². The summed E-state index contributed by atoms with van der Waals surface area (Å²) in [5.41, 5.74) is 6.65. The lowest BCUT2D eigenvalue weighted by Gasteiger charge is -2.06. The zero-order chi connectivity index (χ0) is 32.6. The van der Waals surface area contributed by atoms with Gasteiger partial charge in [-0.2, -0.15) is 4.39 Å². The SMILES string of the molecule is CNCCc1cn(CCCCC(=O)F)nn1.NC(=O)CCCCn1cc(CCC(=O)NCC(=O)NCC(=O)NCC=O)nn1. The van der Waals surface area contributed by atoms with Crippen molar-refractivity contribution in [3.05, 3.63) is 23.8 Å². The van der Waals surface area contributed by atoms with Crippen LogP contribution in [0.15, 0.2) is 12.4 Å². The Bertz CT molecular complexity index is 1190.